The zero-order valence-electron chi connectivity index (χ0n) is 17.2. The number of allylic oxidation sites excluding steroid dienone is 1. The SMILES string of the molecule is CC[C@@H](C)n1c(C)cn2c3c(=O)n(C/C=C\c4ccccc4)c(=O)n(C)c3nc12. The zero-order valence-corrected chi connectivity index (χ0v) is 17.2. The van der Waals surface area contributed by atoms with Crippen LogP contribution >= 0.6 is 0 Å². The van der Waals surface area contributed by atoms with E-state index in [9.17, 15) is 9.59 Å². The van der Waals surface area contributed by atoms with E-state index in [0.717, 1.165) is 17.7 Å². The Kier molecular flexibility index (Phi) is 4.74. The lowest BCUT2D eigenvalue weighted by Crippen LogP contribution is -2.39. The Morgan fingerprint density at radius 2 is 1.90 bits per heavy atom. The monoisotopic (exact) mass is 391 g/mol. The normalized spacial score (nSPS) is 13.1. The number of fused-ring (bicyclic) bond motifs is 3. The molecule has 0 aliphatic carbocycles. The molecule has 0 spiro atoms. The fourth-order valence-corrected chi connectivity index (χ4v) is 3.77. The van der Waals surface area contributed by atoms with Crippen molar-refractivity contribution in [2.75, 3.05) is 0 Å². The van der Waals surface area contributed by atoms with E-state index in [4.69, 9.17) is 0 Å². The molecule has 0 amide bonds. The molecular formula is C22H25N5O2. The highest BCUT2D eigenvalue weighted by molar-refractivity contribution is 5.75. The van der Waals surface area contributed by atoms with Gasteiger partial charge in [0.15, 0.2) is 11.2 Å². The summed E-state index contributed by atoms with van der Waals surface area (Å²) < 4.78 is 6.64. The summed E-state index contributed by atoms with van der Waals surface area (Å²) >= 11 is 0. The molecule has 0 aliphatic rings. The first-order valence-corrected chi connectivity index (χ1v) is 9.85. The van der Waals surface area contributed by atoms with Crippen LogP contribution in [0.2, 0.25) is 0 Å². The zero-order chi connectivity index (χ0) is 20.7. The van der Waals surface area contributed by atoms with E-state index < -0.39 is 0 Å². The predicted molar refractivity (Wildman–Crippen MR) is 115 cm³/mol. The van der Waals surface area contributed by atoms with E-state index in [1.807, 2.05) is 60.0 Å². The molecule has 4 aromatic rings. The maximum atomic E-state index is 13.2. The Balaban J connectivity index is 1.89. The topological polar surface area (TPSA) is 66.2 Å². The molecule has 4 rings (SSSR count). The van der Waals surface area contributed by atoms with Gasteiger partial charge in [-0.2, -0.15) is 4.98 Å². The summed E-state index contributed by atoms with van der Waals surface area (Å²) in [5, 5.41) is 0. The molecule has 7 heteroatoms. The third-order valence-corrected chi connectivity index (χ3v) is 5.50. The smallest absolute Gasteiger partial charge is 0.311 e. The Morgan fingerprint density at radius 3 is 2.59 bits per heavy atom. The average Bonchev–Trinajstić information content (AvgIpc) is 3.23. The Bertz CT molecular complexity index is 1340. The van der Waals surface area contributed by atoms with Crippen molar-refractivity contribution < 1.29 is 0 Å². The lowest BCUT2D eigenvalue weighted by atomic mass is 10.2. The van der Waals surface area contributed by atoms with Crippen LogP contribution in [0.5, 0.6) is 0 Å². The van der Waals surface area contributed by atoms with Crippen LogP contribution in [0.15, 0.2) is 52.2 Å². The number of imidazole rings is 2. The van der Waals surface area contributed by atoms with Crippen molar-refractivity contribution in [1.82, 2.24) is 23.1 Å². The van der Waals surface area contributed by atoms with Gasteiger partial charge >= 0.3 is 5.69 Å². The van der Waals surface area contributed by atoms with Gasteiger partial charge in [0, 0.05) is 31.5 Å². The number of aromatic nitrogens is 5. The summed E-state index contributed by atoms with van der Waals surface area (Å²) in [7, 11) is 1.66. The fourth-order valence-electron chi connectivity index (χ4n) is 3.77. The van der Waals surface area contributed by atoms with E-state index >= 15 is 0 Å². The van der Waals surface area contributed by atoms with Crippen molar-refractivity contribution in [3.8, 4) is 0 Å². The van der Waals surface area contributed by atoms with Crippen molar-refractivity contribution in [3.05, 3.63) is 74.7 Å². The molecule has 3 heterocycles. The highest BCUT2D eigenvalue weighted by Gasteiger charge is 2.21. The van der Waals surface area contributed by atoms with Crippen molar-refractivity contribution in [2.45, 2.75) is 39.8 Å². The summed E-state index contributed by atoms with van der Waals surface area (Å²) in [5.41, 5.74) is 2.21. The van der Waals surface area contributed by atoms with Crippen molar-refractivity contribution >= 4 is 23.0 Å². The predicted octanol–water partition coefficient (Wildman–Crippen LogP) is 3.14. The summed E-state index contributed by atoms with van der Waals surface area (Å²) in [6, 6.07) is 10.0. The summed E-state index contributed by atoms with van der Waals surface area (Å²) in [5.74, 6) is 0.691. The second-order valence-electron chi connectivity index (χ2n) is 7.42. The number of hydrogen-bond donors (Lipinski definition) is 0. The second kappa shape index (κ2) is 7.24. The van der Waals surface area contributed by atoms with Crippen molar-refractivity contribution in [3.63, 3.8) is 0 Å². The summed E-state index contributed by atoms with van der Waals surface area (Å²) in [6.07, 6.45) is 6.61. The van der Waals surface area contributed by atoms with Crippen LogP contribution in [-0.4, -0.2) is 23.1 Å². The molecule has 1 atom stereocenters. The van der Waals surface area contributed by atoms with E-state index in [1.54, 1.807) is 7.05 Å². The molecular weight excluding hydrogens is 366 g/mol. The summed E-state index contributed by atoms with van der Waals surface area (Å²) in [4.78, 5) is 30.7. The molecule has 29 heavy (non-hydrogen) atoms. The van der Waals surface area contributed by atoms with Gasteiger partial charge in [0.25, 0.3) is 5.56 Å². The highest BCUT2D eigenvalue weighted by Crippen LogP contribution is 2.22. The van der Waals surface area contributed by atoms with Crippen molar-refractivity contribution in [2.24, 2.45) is 7.05 Å². The molecule has 150 valence electrons. The molecule has 1 aromatic carbocycles. The fraction of sp³-hybridized carbons (Fsp3) is 0.318. The number of rotatable bonds is 5. The maximum absolute atomic E-state index is 13.2. The van der Waals surface area contributed by atoms with E-state index in [0.29, 0.717) is 16.9 Å². The van der Waals surface area contributed by atoms with Crippen LogP contribution in [0.25, 0.3) is 23.0 Å². The largest absolute Gasteiger partial charge is 0.332 e. The molecule has 0 unspecified atom stereocenters. The molecule has 0 saturated carbocycles. The van der Waals surface area contributed by atoms with E-state index in [1.165, 1.54) is 9.13 Å². The molecule has 0 N–H and O–H groups in total. The molecule has 0 radical (unpaired) electrons. The average molecular weight is 391 g/mol. The maximum Gasteiger partial charge on any atom is 0.332 e. The van der Waals surface area contributed by atoms with Gasteiger partial charge in [-0.15, -0.1) is 0 Å². The number of benzene rings is 1. The Hall–Kier alpha value is -3.35. The number of aryl methyl sites for hydroxylation is 2. The van der Waals surface area contributed by atoms with E-state index in [2.05, 4.69) is 23.4 Å². The van der Waals surface area contributed by atoms with Gasteiger partial charge in [0.2, 0.25) is 5.78 Å². The molecule has 0 aliphatic heterocycles. The van der Waals surface area contributed by atoms with Crippen LogP contribution in [0, 0.1) is 6.92 Å². The molecule has 0 bridgehead atoms. The summed E-state index contributed by atoms with van der Waals surface area (Å²) in [6.45, 7) is 6.45. The van der Waals surface area contributed by atoms with Gasteiger partial charge in [0.1, 0.15) is 0 Å². The van der Waals surface area contributed by atoms with Gasteiger partial charge < -0.3 is 4.57 Å². The van der Waals surface area contributed by atoms with Crippen LogP contribution < -0.4 is 11.2 Å². The standard InChI is InChI=1S/C22H25N5O2/c1-5-15(2)27-16(3)14-26-18-19(23-21(26)27)24(4)22(29)25(20(18)28)13-9-12-17-10-7-6-8-11-17/h6-12,14-15H,5,13H2,1-4H3/b12-9-/t15-/m1/s1. The minimum atomic E-state index is -0.368. The third kappa shape index (κ3) is 3.03. The Labute approximate surface area is 168 Å². The van der Waals surface area contributed by atoms with Crippen LogP contribution in [0.3, 0.4) is 0 Å². The van der Waals surface area contributed by atoms with Crippen LogP contribution in [0.1, 0.15) is 37.6 Å². The second-order valence-corrected chi connectivity index (χ2v) is 7.42. The van der Waals surface area contributed by atoms with Gasteiger partial charge in [-0.25, -0.2) is 4.79 Å². The lowest BCUT2D eigenvalue weighted by molar-refractivity contribution is 0.532. The quantitative estimate of drug-likeness (QED) is 0.525. The Morgan fingerprint density at radius 1 is 1.17 bits per heavy atom. The molecule has 7 nitrogen and oxygen atoms in total. The van der Waals surface area contributed by atoms with Crippen molar-refractivity contribution in [1.29, 1.82) is 0 Å². The molecule has 0 saturated heterocycles. The first-order chi connectivity index (χ1) is 13.9. The first kappa shape index (κ1) is 19.0. The van der Waals surface area contributed by atoms with Gasteiger partial charge in [-0.3, -0.25) is 18.3 Å². The lowest BCUT2D eigenvalue weighted by Gasteiger charge is -2.12. The molecule has 0 fully saturated rings. The van der Waals surface area contributed by atoms with Crippen LogP contribution in [-0.2, 0) is 13.6 Å². The highest BCUT2D eigenvalue weighted by atomic mass is 16.2. The van der Waals surface area contributed by atoms with Gasteiger partial charge in [0.05, 0.1) is 0 Å². The number of hydrogen-bond acceptors (Lipinski definition) is 3. The number of nitrogens with zero attached hydrogens (tertiary/aromatic N) is 5. The minimum Gasteiger partial charge on any atom is -0.311 e. The molecule has 3 aromatic heterocycles. The minimum absolute atomic E-state index is 0.203. The van der Waals surface area contributed by atoms with Crippen LogP contribution in [0.4, 0.5) is 0 Å². The first-order valence-electron chi connectivity index (χ1n) is 9.85. The van der Waals surface area contributed by atoms with Gasteiger partial charge in [-0.1, -0.05) is 49.4 Å². The van der Waals surface area contributed by atoms with Gasteiger partial charge in [-0.05, 0) is 25.8 Å². The third-order valence-electron chi connectivity index (χ3n) is 5.50. The van der Waals surface area contributed by atoms with E-state index in [-0.39, 0.29) is 23.8 Å².